The Bertz CT molecular complexity index is 856. The van der Waals surface area contributed by atoms with Crippen LogP contribution in [0.2, 0.25) is 5.02 Å². The average molecular weight is 351 g/mol. The van der Waals surface area contributed by atoms with Crippen LogP contribution in [0.4, 0.5) is 5.69 Å². The summed E-state index contributed by atoms with van der Waals surface area (Å²) >= 11 is 9.21. The molecule has 0 spiro atoms. The van der Waals surface area contributed by atoms with Gasteiger partial charge in [0.05, 0.1) is 5.39 Å². The summed E-state index contributed by atoms with van der Waals surface area (Å²) in [6, 6.07) is 12.1. The molecule has 0 amide bonds. The van der Waals surface area contributed by atoms with Crippen molar-refractivity contribution >= 4 is 44.2 Å². The van der Waals surface area contributed by atoms with E-state index in [1.54, 1.807) is 42.5 Å². The maximum atomic E-state index is 12.4. The number of anilines is 1. The quantitative estimate of drug-likeness (QED) is 0.659. The molecule has 1 heterocycles. The Morgan fingerprint density at radius 3 is 2.50 bits per heavy atom. The van der Waals surface area contributed by atoms with Crippen molar-refractivity contribution in [2.75, 3.05) is 5.73 Å². The van der Waals surface area contributed by atoms with Gasteiger partial charge in [0.2, 0.25) is 5.43 Å². The first kappa shape index (κ1) is 13.2. The molecule has 0 saturated heterocycles. The van der Waals surface area contributed by atoms with Gasteiger partial charge in [-0.2, -0.15) is 0 Å². The number of benzene rings is 2. The maximum absolute atomic E-state index is 12.4. The molecular weight excluding hydrogens is 342 g/mol. The number of halogens is 2. The molecule has 1 aromatic heterocycles. The molecular formula is C15H9BrClNO2. The van der Waals surface area contributed by atoms with E-state index in [1.165, 1.54) is 0 Å². The number of hydrogen-bond acceptors (Lipinski definition) is 3. The number of nitrogen functional groups attached to an aromatic ring is 1. The van der Waals surface area contributed by atoms with Gasteiger partial charge in [-0.25, -0.2) is 0 Å². The summed E-state index contributed by atoms with van der Waals surface area (Å²) in [6.07, 6.45) is 0. The van der Waals surface area contributed by atoms with E-state index < -0.39 is 0 Å². The van der Waals surface area contributed by atoms with Crippen LogP contribution < -0.4 is 11.2 Å². The Morgan fingerprint density at radius 1 is 1.10 bits per heavy atom. The zero-order chi connectivity index (χ0) is 14.3. The molecule has 2 N–H and O–H groups in total. The second-order valence-electron chi connectivity index (χ2n) is 4.34. The summed E-state index contributed by atoms with van der Waals surface area (Å²) in [7, 11) is 0. The Hall–Kier alpha value is -1.78. The van der Waals surface area contributed by atoms with Crippen LogP contribution in [-0.4, -0.2) is 0 Å². The minimum absolute atomic E-state index is 0.152. The molecule has 3 aromatic rings. The van der Waals surface area contributed by atoms with E-state index in [2.05, 4.69) is 15.9 Å². The fourth-order valence-corrected chi connectivity index (χ4v) is 2.66. The van der Waals surface area contributed by atoms with Gasteiger partial charge < -0.3 is 10.2 Å². The molecule has 20 heavy (non-hydrogen) atoms. The van der Waals surface area contributed by atoms with Gasteiger partial charge in [0.15, 0.2) is 5.76 Å². The van der Waals surface area contributed by atoms with Crippen molar-refractivity contribution in [3.63, 3.8) is 0 Å². The predicted molar refractivity (Wildman–Crippen MR) is 85.0 cm³/mol. The van der Waals surface area contributed by atoms with E-state index in [9.17, 15) is 4.79 Å². The third-order valence-corrected chi connectivity index (χ3v) is 3.93. The molecule has 0 fully saturated rings. The van der Waals surface area contributed by atoms with E-state index in [0.29, 0.717) is 31.9 Å². The zero-order valence-electron chi connectivity index (χ0n) is 10.2. The van der Waals surface area contributed by atoms with Gasteiger partial charge in [-0.15, -0.1) is 0 Å². The molecule has 3 nitrogen and oxygen atoms in total. The normalized spacial score (nSPS) is 10.9. The highest BCUT2D eigenvalue weighted by Gasteiger charge is 2.14. The Morgan fingerprint density at radius 2 is 1.80 bits per heavy atom. The molecule has 100 valence electrons. The van der Waals surface area contributed by atoms with Crippen molar-refractivity contribution in [1.82, 2.24) is 0 Å². The molecule has 0 radical (unpaired) electrons. The molecule has 0 aliphatic heterocycles. The lowest BCUT2D eigenvalue weighted by Gasteiger charge is -2.06. The Labute approximate surface area is 128 Å². The van der Waals surface area contributed by atoms with E-state index >= 15 is 0 Å². The van der Waals surface area contributed by atoms with Crippen molar-refractivity contribution in [3.05, 3.63) is 62.2 Å². The van der Waals surface area contributed by atoms with E-state index in [1.807, 2.05) is 0 Å². The maximum Gasteiger partial charge on any atom is 0.207 e. The second-order valence-corrected chi connectivity index (χ2v) is 5.57. The number of fused-ring (bicyclic) bond motifs is 1. The minimum Gasteiger partial charge on any atom is -0.455 e. The van der Waals surface area contributed by atoms with Crippen LogP contribution in [0, 0.1) is 0 Å². The smallest absolute Gasteiger partial charge is 0.207 e. The molecule has 2 aromatic carbocycles. The summed E-state index contributed by atoms with van der Waals surface area (Å²) in [6.45, 7) is 0. The van der Waals surface area contributed by atoms with E-state index in [4.69, 9.17) is 21.8 Å². The highest BCUT2D eigenvalue weighted by atomic mass is 79.9. The van der Waals surface area contributed by atoms with Gasteiger partial charge in [-0.3, -0.25) is 4.79 Å². The van der Waals surface area contributed by atoms with Crippen LogP contribution in [-0.2, 0) is 0 Å². The summed E-state index contributed by atoms with van der Waals surface area (Å²) < 4.78 is 6.18. The van der Waals surface area contributed by atoms with Gasteiger partial charge in [0.25, 0.3) is 0 Å². The summed E-state index contributed by atoms with van der Waals surface area (Å²) in [5.74, 6) is 0.477. The second kappa shape index (κ2) is 4.96. The first-order valence-corrected chi connectivity index (χ1v) is 7.01. The van der Waals surface area contributed by atoms with Crippen molar-refractivity contribution in [1.29, 1.82) is 0 Å². The highest BCUT2D eigenvalue weighted by molar-refractivity contribution is 9.10. The molecule has 0 unspecified atom stereocenters. The SMILES string of the molecule is Nc1ccc(-c2oc3ccc(Cl)cc3c(=O)c2Br)cc1. The van der Waals surface area contributed by atoms with Crippen LogP contribution in [0.15, 0.2) is 56.1 Å². The van der Waals surface area contributed by atoms with Crippen molar-refractivity contribution < 1.29 is 4.42 Å². The third-order valence-electron chi connectivity index (χ3n) is 2.97. The van der Waals surface area contributed by atoms with Crippen molar-refractivity contribution in [2.24, 2.45) is 0 Å². The van der Waals surface area contributed by atoms with E-state index in [-0.39, 0.29) is 5.43 Å². The lowest BCUT2D eigenvalue weighted by molar-refractivity contribution is 0.615. The van der Waals surface area contributed by atoms with Crippen LogP contribution in [0.3, 0.4) is 0 Å². The van der Waals surface area contributed by atoms with Crippen LogP contribution in [0.5, 0.6) is 0 Å². The lowest BCUT2D eigenvalue weighted by atomic mass is 10.1. The minimum atomic E-state index is -0.152. The summed E-state index contributed by atoms with van der Waals surface area (Å²) in [5, 5.41) is 0.945. The van der Waals surface area contributed by atoms with Crippen molar-refractivity contribution in [3.8, 4) is 11.3 Å². The first-order chi connectivity index (χ1) is 9.56. The largest absolute Gasteiger partial charge is 0.455 e. The van der Waals surface area contributed by atoms with Gasteiger partial charge in [-0.05, 0) is 58.4 Å². The zero-order valence-corrected chi connectivity index (χ0v) is 12.5. The monoisotopic (exact) mass is 349 g/mol. The molecule has 0 saturated carbocycles. The number of hydrogen-bond donors (Lipinski definition) is 1. The fraction of sp³-hybridized carbons (Fsp3) is 0. The predicted octanol–water partition coefficient (Wildman–Crippen LogP) is 4.46. The van der Waals surface area contributed by atoms with Gasteiger partial charge in [0, 0.05) is 16.3 Å². The Balaban J connectivity index is 2.32. The first-order valence-electron chi connectivity index (χ1n) is 5.84. The van der Waals surface area contributed by atoms with Crippen LogP contribution in [0.25, 0.3) is 22.3 Å². The highest BCUT2D eigenvalue weighted by Crippen LogP contribution is 2.30. The van der Waals surface area contributed by atoms with Gasteiger partial charge in [-0.1, -0.05) is 11.6 Å². The molecule has 0 aliphatic rings. The van der Waals surface area contributed by atoms with Crippen LogP contribution in [0.1, 0.15) is 0 Å². The van der Waals surface area contributed by atoms with E-state index in [0.717, 1.165) is 5.56 Å². The Kier molecular flexibility index (Phi) is 3.28. The molecule has 5 heteroatoms. The average Bonchev–Trinajstić information content (AvgIpc) is 2.44. The van der Waals surface area contributed by atoms with Gasteiger partial charge in [0.1, 0.15) is 10.1 Å². The third kappa shape index (κ3) is 2.21. The topological polar surface area (TPSA) is 56.2 Å². The standard InChI is InChI=1S/C15H9BrClNO2/c16-13-14(19)11-7-9(17)3-6-12(11)20-15(13)8-1-4-10(18)5-2-8/h1-7H,18H2. The number of nitrogens with two attached hydrogens (primary N) is 1. The summed E-state index contributed by atoms with van der Waals surface area (Å²) in [4.78, 5) is 12.4. The number of rotatable bonds is 1. The molecule has 0 bridgehead atoms. The molecule has 3 rings (SSSR count). The van der Waals surface area contributed by atoms with Gasteiger partial charge >= 0.3 is 0 Å². The molecule has 0 aliphatic carbocycles. The van der Waals surface area contributed by atoms with Crippen molar-refractivity contribution in [2.45, 2.75) is 0 Å². The fourth-order valence-electron chi connectivity index (χ4n) is 1.96. The molecule has 0 atom stereocenters. The summed E-state index contributed by atoms with van der Waals surface area (Å²) in [5.41, 5.74) is 7.43. The van der Waals surface area contributed by atoms with Crippen LogP contribution >= 0.6 is 27.5 Å². The lowest BCUT2D eigenvalue weighted by Crippen LogP contribution is -2.04.